The van der Waals surface area contributed by atoms with Gasteiger partial charge < -0.3 is 78.4 Å². The molecule has 2 rings (SSSR count). The Hall–Kier alpha value is 0.542. The van der Waals surface area contributed by atoms with Crippen molar-refractivity contribution in [2.24, 2.45) is 16.7 Å². The van der Waals surface area contributed by atoms with Crippen LogP contribution in [-0.2, 0) is 108 Å². The summed E-state index contributed by atoms with van der Waals surface area (Å²) >= 11 is 0. The maximum atomic E-state index is 12.4. The summed E-state index contributed by atoms with van der Waals surface area (Å²) in [6, 6.07) is 10.3. The molecule has 0 N–H and O–H groups in total. The summed E-state index contributed by atoms with van der Waals surface area (Å²) in [4.78, 5) is 34.9. The number of benzene rings is 1. The summed E-state index contributed by atoms with van der Waals surface area (Å²) in [5.41, 5.74) is -5.79. The van der Waals surface area contributed by atoms with E-state index in [2.05, 4.69) is 186 Å². The number of sulfonamides is 1. The molecule has 0 amide bonds. The summed E-state index contributed by atoms with van der Waals surface area (Å²) in [5.74, 6) is 0.609. The molecule has 0 aromatic heterocycles. The minimum Gasteiger partial charge on any atom is -0.491 e. The average Bonchev–Trinajstić information content (AvgIpc) is 0.938. The number of unbranched alkanes of at least 4 members (excludes halogenated alkanes) is 1. The zero-order chi connectivity index (χ0) is 85.6. The van der Waals surface area contributed by atoms with Gasteiger partial charge in [-0.2, -0.15) is 13.2 Å². The Balaban J connectivity index is -0.00000176. The van der Waals surface area contributed by atoms with Gasteiger partial charge in [-0.05, 0) is 240 Å². The number of esters is 3. The second kappa shape index (κ2) is 49.5. The van der Waals surface area contributed by atoms with Crippen molar-refractivity contribution in [3.05, 3.63) is 34.0 Å². The van der Waals surface area contributed by atoms with Crippen molar-refractivity contribution >= 4 is 132 Å². The van der Waals surface area contributed by atoms with E-state index in [0.717, 1.165) is 50.1 Å². The van der Waals surface area contributed by atoms with Gasteiger partial charge >= 0.3 is 152 Å². The van der Waals surface area contributed by atoms with Crippen LogP contribution >= 0.6 is 0 Å². The number of nitrogens with zero attached hydrogens (tertiary/aromatic N) is 1. The van der Waals surface area contributed by atoms with Crippen LogP contribution in [0.4, 0.5) is 13.2 Å². The van der Waals surface area contributed by atoms with Crippen molar-refractivity contribution in [2.45, 2.75) is 295 Å². The maximum absolute atomic E-state index is 12.4. The molecular weight excluding hydrogens is 1690 g/mol. The van der Waals surface area contributed by atoms with Crippen molar-refractivity contribution in [1.82, 2.24) is 0 Å². The van der Waals surface area contributed by atoms with Crippen molar-refractivity contribution in [2.75, 3.05) is 66.6 Å². The van der Waals surface area contributed by atoms with Gasteiger partial charge in [0, 0.05) is 7.11 Å². The second-order valence-corrected chi connectivity index (χ2v) is 78.1. The van der Waals surface area contributed by atoms with Gasteiger partial charge in [0.2, 0.25) is 10.3 Å². The number of hydrogen-bond donors (Lipinski definition) is 0. The number of methoxy groups -OCH3 is 1. The molecule has 1 aromatic carbocycles. The third-order valence-electron chi connectivity index (χ3n) is 16.0. The van der Waals surface area contributed by atoms with E-state index in [9.17, 15) is 44.4 Å². The number of rotatable bonds is 50. The molecule has 1 saturated heterocycles. The molecule has 646 valence electrons. The Labute approximate surface area is 717 Å². The average molecular weight is 1830 g/mol. The van der Waals surface area contributed by atoms with E-state index in [0.29, 0.717) is 52.0 Å². The first-order chi connectivity index (χ1) is 49.0. The molecule has 110 heavy (non-hydrogen) atoms. The first kappa shape index (κ1) is 115. The Bertz CT molecular complexity index is 3070. The molecule has 0 radical (unpaired) electrons. The number of epoxide rings is 1. The molecule has 1 aliphatic rings. The zero-order valence-electron chi connectivity index (χ0n) is 73.9. The van der Waals surface area contributed by atoms with E-state index in [4.69, 9.17) is 69.6 Å². The summed E-state index contributed by atoms with van der Waals surface area (Å²) in [5, 5.41) is 0. The van der Waals surface area contributed by atoms with Gasteiger partial charge in [-0.1, -0.05) is 73.4 Å². The molecule has 0 saturated carbocycles. The van der Waals surface area contributed by atoms with Crippen LogP contribution in [0.5, 0.6) is 5.75 Å². The van der Waals surface area contributed by atoms with E-state index in [1.54, 1.807) is 32.0 Å². The SMILES string of the molecule is CCC(C)(C)C(=O)OCCOS(=O)(=O)[N-]S(=O)(=O)C(F)(F)F.CCC(C)C(=O)OCC1CO1.CCC(C)c1ccc(OCCOCCOC)cc1.CCCC[Si](C)(C)O[Si](C)(C)O[Si](C)(C)O[Si](C)(C)O[Si](C)(C)O[Si](C)(C)O[Si](C)(C)O[Si](C)(C)O[Si](C)(C)O[Si](C)(C)O[Si](C)(C)CCCOC(=O)C(C)(C)CC.[K+]. The van der Waals surface area contributed by atoms with E-state index in [1.165, 1.54) is 18.4 Å². The molecule has 43 heteroatoms. The quantitative estimate of drug-likeness (QED) is 0.0192. The molecule has 3 atom stereocenters. The van der Waals surface area contributed by atoms with Gasteiger partial charge in [-0.15, -0.1) is 0 Å². The van der Waals surface area contributed by atoms with Crippen molar-refractivity contribution < 1.29 is 174 Å². The fourth-order valence-corrected chi connectivity index (χ4v) is 69.2. The predicted molar refractivity (Wildman–Crippen MR) is 449 cm³/mol. The van der Waals surface area contributed by atoms with Crippen LogP contribution in [0, 0.1) is 16.7 Å². The van der Waals surface area contributed by atoms with Gasteiger partial charge in [0.25, 0.3) is 0 Å². The molecule has 1 aromatic rings. The summed E-state index contributed by atoms with van der Waals surface area (Å²) in [7, 11) is -37.7. The van der Waals surface area contributed by atoms with E-state index < -0.39 is 150 Å². The Morgan fingerprint density at radius 2 is 0.855 bits per heavy atom. The molecule has 0 bridgehead atoms. The van der Waals surface area contributed by atoms with Crippen LogP contribution in [0.2, 0.25) is 156 Å². The van der Waals surface area contributed by atoms with Crippen LogP contribution in [0.1, 0.15) is 133 Å². The van der Waals surface area contributed by atoms with Crippen LogP contribution in [0.25, 0.3) is 4.13 Å². The number of ether oxygens (including phenoxy) is 7. The Morgan fingerprint density at radius 3 is 1.18 bits per heavy atom. The normalized spacial score (nSPS) is 15.3. The summed E-state index contributed by atoms with van der Waals surface area (Å²) < 4.78 is 188. The Morgan fingerprint density at radius 1 is 0.500 bits per heavy atom. The van der Waals surface area contributed by atoms with Gasteiger partial charge in [-0.3, -0.25) is 18.6 Å². The van der Waals surface area contributed by atoms with Crippen LogP contribution in [-0.4, -0.2) is 207 Å². The van der Waals surface area contributed by atoms with Crippen LogP contribution in [0.15, 0.2) is 24.3 Å². The molecule has 3 unspecified atom stereocenters. The zero-order valence-corrected chi connectivity index (χ0v) is 89.6. The fraction of sp³-hybridized carbons (Fsp3) is 0.866. The maximum Gasteiger partial charge on any atom is 1.00 e. The first-order valence-electron chi connectivity index (χ1n) is 37.9. The monoisotopic (exact) mass is 1830 g/mol. The van der Waals surface area contributed by atoms with Crippen molar-refractivity contribution in [3.8, 4) is 5.75 Å². The van der Waals surface area contributed by atoms with Gasteiger partial charge in [0.1, 0.15) is 31.7 Å². The minimum atomic E-state index is -6.23. The predicted octanol–water partition coefficient (Wildman–Crippen LogP) is 14.7. The number of carbonyl (C=O) groups is 3. The third kappa shape index (κ3) is 53.9. The minimum absolute atomic E-state index is 0. The van der Waals surface area contributed by atoms with Gasteiger partial charge in [0.15, 0.2) is 26.7 Å². The largest absolute Gasteiger partial charge is 1.00 e. The Kier molecular flexibility index (Phi) is 51.6. The van der Waals surface area contributed by atoms with Crippen LogP contribution < -0.4 is 56.1 Å². The molecule has 0 aliphatic carbocycles. The van der Waals surface area contributed by atoms with Crippen LogP contribution in [0.3, 0.4) is 0 Å². The molecule has 0 spiro atoms. The molecule has 1 heterocycles. The second-order valence-electron chi connectivity index (χ2n) is 33.6. The van der Waals surface area contributed by atoms with E-state index in [-0.39, 0.29) is 75.3 Å². The topological polar surface area (TPSA) is 303 Å². The van der Waals surface area contributed by atoms with Crippen molar-refractivity contribution in [1.29, 1.82) is 0 Å². The molecule has 1 aliphatic heterocycles. The van der Waals surface area contributed by atoms with E-state index in [1.807, 2.05) is 46.8 Å². The number of carbonyl (C=O) groups excluding carboxylic acids is 3. The van der Waals surface area contributed by atoms with Crippen molar-refractivity contribution in [3.63, 3.8) is 0 Å². The smallest absolute Gasteiger partial charge is 0.491 e. The first-order valence-corrected chi connectivity index (χ1v) is 72.2. The summed E-state index contributed by atoms with van der Waals surface area (Å²) in [6.45, 7) is 70.3. The third-order valence-corrected chi connectivity index (χ3v) is 61.5. The molecular formula is C67H145F3KNO25S2Si11. The molecule has 26 nitrogen and oxygen atoms in total. The van der Waals surface area contributed by atoms with Gasteiger partial charge in [0.05, 0.1) is 56.4 Å². The number of hydrogen-bond acceptors (Lipinski definition) is 25. The van der Waals surface area contributed by atoms with E-state index >= 15 is 0 Å². The standard InChI is InChI=1S/C35H92O12Si11.C15H24O3.C9H15F3NO7S2.C8H14O3.K/c1-27-29-32-48(5,6)38-50(9,10)40-52(13,14)42-54(17,18)44-56(21,22)46-58(25,26)47-57(23,24)45-55(19,20)43-53(15,16)41-51(11,12)39-49(7,8)33-30-31-37-34(36)35(3,4)28-2;1-4-13(2)14-5-7-15(8-6-14)18-12-11-17-10-9-16-3;1-4-8(2,3)7(14)19-5-6-20-22(17,18)13-21(15,16)9(10,11)12;1-3-6(2)8(9)11-5-7-4-10-7;/h27-33H2,1-26H3;5-8,13H,4,9-12H2,1-3H3;4-6H2,1-3H3;6-7H,3-5H2,1-2H3;/q;;-1;;+1. The molecule has 1 fully saturated rings. The van der Waals surface area contributed by atoms with Gasteiger partial charge in [-0.25, -0.2) is 16.8 Å². The summed E-state index contributed by atoms with van der Waals surface area (Å²) in [6.07, 6.45) is 6.49. The fourth-order valence-electron chi connectivity index (χ4n) is 11.0. The number of halogens is 3. The number of alkyl halides is 3.